The number of imidazole rings is 1. The molecule has 0 spiro atoms. The van der Waals surface area contributed by atoms with Gasteiger partial charge in [-0.2, -0.15) is 0 Å². The first-order valence-electron chi connectivity index (χ1n) is 7.89. The Balaban J connectivity index is 1.86. The van der Waals surface area contributed by atoms with Crippen LogP contribution in [0.2, 0.25) is 0 Å². The van der Waals surface area contributed by atoms with Crippen LogP contribution in [-0.2, 0) is 0 Å². The van der Waals surface area contributed by atoms with Gasteiger partial charge in [-0.15, -0.1) is 0 Å². The molecule has 0 saturated carbocycles. The number of aryl methyl sites for hydroxylation is 2. The number of amides is 1. The molecule has 1 unspecified atom stereocenters. The third-order valence-electron chi connectivity index (χ3n) is 4.12. The van der Waals surface area contributed by atoms with Gasteiger partial charge in [0.2, 0.25) is 0 Å². The highest BCUT2D eigenvalue weighted by Crippen LogP contribution is 2.19. The van der Waals surface area contributed by atoms with Crippen LogP contribution in [0.15, 0.2) is 42.6 Å². The topological polar surface area (TPSA) is 55.6 Å². The number of carbonyl (C=O) groups is 1. The number of nitrogens with one attached hydrogen (secondary N) is 1. The van der Waals surface area contributed by atoms with Crippen LogP contribution in [0.5, 0.6) is 5.75 Å². The Hall–Kier alpha value is -2.82. The number of benzene rings is 1. The zero-order valence-electron chi connectivity index (χ0n) is 14.3. The Morgan fingerprint density at radius 3 is 2.54 bits per heavy atom. The molecule has 0 aliphatic heterocycles. The summed E-state index contributed by atoms with van der Waals surface area (Å²) >= 11 is 0. The summed E-state index contributed by atoms with van der Waals surface area (Å²) in [6.07, 6.45) is 1.93. The lowest BCUT2D eigenvalue weighted by Gasteiger charge is -2.15. The van der Waals surface area contributed by atoms with Gasteiger partial charge in [0.1, 0.15) is 17.1 Å². The lowest BCUT2D eigenvalue weighted by Crippen LogP contribution is -2.28. The number of fused-ring (bicyclic) bond motifs is 1. The van der Waals surface area contributed by atoms with Crippen LogP contribution in [0.3, 0.4) is 0 Å². The standard InChI is InChI=1S/C19H21N3O2/c1-12-5-10-17-20-14(3)18(22(17)11-12)19(23)21-13(2)15-6-8-16(24-4)9-7-15/h5-11,13H,1-4H3,(H,21,23). The second kappa shape index (κ2) is 6.35. The molecule has 124 valence electrons. The van der Waals surface area contributed by atoms with Gasteiger partial charge in [0.25, 0.3) is 5.91 Å². The lowest BCUT2D eigenvalue weighted by molar-refractivity contribution is 0.0933. The molecule has 1 N–H and O–H groups in total. The second-order valence-electron chi connectivity index (χ2n) is 5.95. The van der Waals surface area contributed by atoms with Crippen molar-refractivity contribution in [3.05, 3.63) is 65.1 Å². The molecule has 1 amide bonds. The Morgan fingerprint density at radius 2 is 1.88 bits per heavy atom. The van der Waals surface area contributed by atoms with E-state index in [1.165, 1.54) is 0 Å². The van der Waals surface area contributed by atoms with E-state index >= 15 is 0 Å². The van der Waals surface area contributed by atoms with Crippen molar-refractivity contribution < 1.29 is 9.53 Å². The molecule has 1 aromatic carbocycles. The minimum absolute atomic E-state index is 0.113. The molecule has 0 saturated heterocycles. The van der Waals surface area contributed by atoms with Gasteiger partial charge in [0, 0.05) is 6.20 Å². The maximum atomic E-state index is 12.8. The van der Waals surface area contributed by atoms with E-state index in [1.54, 1.807) is 7.11 Å². The summed E-state index contributed by atoms with van der Waals surface area (Å²) in [5, 5.41) is 3.05. The van der Waals surface area contributed by atoms with Crippen molar-refractivity contribution in [3.63, 3.8) is 0 Å². The van der Waals surface area contributed by atoms with Crippen LogP contribution < -0.4 is 10.1 Å². The second-order valence-corrected chi connectivity index (χ2v) is 5.95. The quantitative estimate of drug-likeness (QED) is 0.800. The van der Waals surface area contributed by atoms with Crippen molar-refractivity contribution in [1.82, 2.24) is 14.7 Å². The number of nitrogens with zero attached hydrogens (tertiary/aromatic N) is 2. The molecular weight excluding hydrogens is 302 g/mol. The first kappa shape index (κ1) is 16.1. The highest BCUT2D eigenvalue weighted by molar-refractivity contribution is 5.94. The fraction of sp³-hybridized carbons (Fsp3) is 0.263. The van der Waals surface area contributed by atoms with Crippen molar-refractivity contribution in [2.75, 3.05) is 7.11 Å². The van der Waals surface area contributed by atoms with E-state index in [4.69, 9.17) is 4.74 Å². The van der Waals surface area contributed by atoms with Crippen molar-refractivity contribution >= 4 is 11.6 Å². The van der Waals surface area contributed by atoms with E-state index in [0.717, 1.165) is 28.2 Å². The number of pyridine rings is 1. The minimum Gasteiger partial charge on any atom is -0.497 e. The lowest BCUT2D eigenvalue weighted by atomic mass is 10.1. The van der Waals surface area contributed by atoms with Crippen LogP contribution in [-0.4, -0.2) is 22.4 Å². The van der Waals surface area contributed by atoms with Gasteiger partial charge >= 0.3 is 0 Å². The highest BCUT2D eigenvalue weighted by atomic mass is 16.5. The first-order valence-corrected chi connectivity index (χ1v) is 7.89. The molecule has 2 aromatic heterocycles. The first-order chi connectivity index (χ1) is 11.5. The molecule has 5 nitrogen and oxygen atoms in total. The monoisotopic (exact) mass is 323 g/mol. The molecule has 0 bridgehead atoms. The van der Waals surface area contributed by atoms with Gasteiger partial charge in [-0.3, -0.25) is 9.20 Å². The normalized spacial score (nSPS) is 12.2. The number of hydrogen-bond acceptors (Lipinski definition) is 3. The summed E-state index contributed by atoms with van der Waals surface area (Å²) in [4.78, 5) is 17.2. The molecule has 3 rings (SSSR count). The molecule has 0 radical (unpaired) electrons. The average molecular weight is 323 g/mol. The molecule has 24 heavy (non-hydrogen) atoms. The maximum Gasteiger partial charge on any atom is 0.270 e. The third kappa shape index (κ3) is 2.97. The number of hydrogen-bond donors (Lipinski definition) is 1. The molecule has 0 aliphatic carbocycles. The smallest absolute Gasteiger partial charge is 0.270 e. The average Bonchev–Trinajstić information content (AvgIpc) is 2.90. The summed E-state index contributed by atoms with van der Waals surface area (Å²) in [5.74, 6) is 0.666. The van der Waals surface area contributed by atoms with Crippen LogP contribution in [0.25, 0.3) is 5.65 Å². The van der Waals surface area contributed by atoms with E-state index in [-0.39, 0.29) is 11.9 Å². The number of ether oxygens (including phenoxy) is 1. The fourth-order valence-electron chi connectivity index (χ4n) is 2.78. The summed E-state index contributed by atoms with van der Waals surface area (Å²) in [5.41, 5.74) is 4.18. The van der Waals surface area contributed by atoms with Crippen molar-refractivity contribution in [1.29, 1.82) is 0 Å². The van der Waals surface area contributed by atoms with Crippen molar-refractivity contribution in [2.45, 2.75) is 26.8 Å². The Kier molecular flexibility index (Phi) is 4.25. The highest BCUT2D eigenvalue weighted by Gasteiger charge is 2.19. The van der Waals surface area contributed by atoms with Crippen LogP contribution in [0.4, 0.5) is 0 Å². The zero-order valence-corrected chi connectivity index (χ0v) is 14.3. The van der Waals surface area contributed by atoms with Gasteiger partial charge < -0.3 is 10.1 Å². The number of rotatable bonds is 4. The van der Waals surface area contributed by atoms with Gasteiger partial charge in [-0.1, -0.05) is 18.2 Å². The van der Waals surface area contributed by atoms with Gasteiger partial charge in [0.15, 0.2) is 0 Å². The predicted octanol–water partition coefficient (Wildman–Crippen LogP) is 3.45. The molecule has 1 atom stereocenters. The van der Waals surface area contributed by atoms with E-state index in [1.807, 2.05) is 67.8 Å². The van der Waals surface area contributed by atoms with Crippen LogP contribution >= 0.6 is 0 Å². The summed E-state index contributed by atoms with van der Waals surface area (Å²) in [6, 6.07) is 11.5. The van der Waals surface area contributed by atoms with Crippen molar-refractivity contribution in [2.24, 2.45) is 0 Å². The number of aromatic nitrogens is 2. The van der Waals surface area contributed by atoms with E-state index < -0.39 is 0 Å². The van der Waals surface area contributed by atoms with E-state index in [2.05, 4.69) is 10.3 Å². The molecule has 0 fully saturated rings. The Bertz CT molecular complexity index is 882. The fourth-order valence-corrected chi connectivity index (χ4v) is 2.78. The zero-order chi connectivity index (χ0) is 17.3. The molecular formula is C19H21N3O2. The van der Waals surface area contributed by atoms with E-state index in [9.17, 15) is 4.79 Å². The molecule has 3 aromatic rings. The van der Waals surface area contributed by atoms with Crippen LogP contribution in [0, 0.1) is 13.8 Å². The summed E-state index contributed by atoms with van der Waals surface area (Å²) in [7, 11) is 1.63. The maximum absolute atomic E-state index is 12.8. The third-order valence-corrected chi connectivity index (χ3v) is 4.12. The SMILES string of the molecule is COc1ccc(C(C)NC(=O)c2c(C)nc3ccc(C)cn23)cc1. The van der Waals surface area contributed by atoms with E-state index in [0.29, 0.717) is 5.69 Å². The molecule has 0 aliphatic rings. The Morgan fingerprint density at radius 1 is 1.17 bits per heavy atom. The van der Waals surface area contributed by atoms with Crippen molar-refractivity contribution in [3.8, 4) is 5.75 Å². The minimum atomic E-state index is -0.131. The van der Waals surface area contributed by atoms with Gasteiger partial charge in [-0.05, 0) is 50.1 Å². The predicted molar refractivity (Wildman–Crippen MR) is 93.5 cm³/mol. The molecule has 2 heterocycles. The van der Waals surface area contributed by atoms with Gasteiger partial charge in [0.05, 0.1) is 18.8 Å². The molecule has 5 heteroatoms. The number of carbonyl (C=O) groups excluding carboxylic acids is 1. The Labute approximate surface area is 141 Å². The number of methoxy groups -OCH3 is 1. The summed E-state index contributed by atoms with van der Waals surface area (Å²) < 4.78 is 7.01. The largest absolute Gasteiger partial charge is 0.497 e. The van der Waals surface area contributed by atoms with Gasteiger partial charge in [-0.25, -0.2) is 4.98 Å². The summed E-state index contributed by atoms with van der Waals surface area (Å²) in [6.45, 7) is 5.81. The van der Waals surface area contributed by atoms with Crippen LogP contribution in [0.1, 0.15) is 40.3 Å².